The monoisotopic (exact) mass is 410 g/mol. The molecule has 1 unspecified atom stereocenters. The van der Waals surface area contributed by atoms with E-state index < -0.39 is 0 Å². The van der Waals surface area contributed by atoms with Gasteiger partial charge in [-0.2, -0.15) is 4.98 Å². The van der Waals surface area contributed by atoms with Gasteiger partial charge in [0.05, 0.1) is 5.60 Å². The van der Waals surface area contributed by atoms with Crippen LogP contribution in [0.1, 0.15) is 63.7 Å². The zero-order valence-corrected chi connectivity index (χ0v) is 18.0. The molecule has 2 saturated heterocycles. The van der Waals surface area contributed by atoms with Gasteiger partial charge in [-0.1, -0.05) is 24.4 Å². The molecule has 0 N–H and O–H groups in total. The van der Waals surface area contributed by atoms with Crippen LogP contribution in [-0.2, 0) is 11.2 Å². The van der Waals surface area contributed by atoms with E-state index in [1.165, 1.54) is 64.6 Å². The van der Waals surface area contributed by atoms with Crippen molar-refractivity contribution in [3.05, 3.63) is 30.4 Å². The van der Waals surface area contributed by atoms with Gasteiger partial charge >= 0.3 is 0 Å². The van der Waals surface area contributed by atoms with Gasteiger partial charge in [0.1, 0.15) is 0 Å². The normalized spacial score (nSPS) is 25.5. The smallest absolute Gasteiger partial charge is 0.227 e. The maximum atomic E-state index is 6.39. The van der Waals surface area contributed by atoms with E-state index in [0.29, 0.717) is 11.7 Å². The molecule has 1 aliphatic carbocycles. The van der Waals surface area contributed by atoms with Crippen molar-refractivity contribution in [2.24, 2.45) is 11.8 Å². The highest BCUT2D eigenvalue weighted by Gasteiger charge is 2.40. The number of rotatable bonds is 5. The predicted octanol–water partition coefficient (Wildman–Crippen LogP) is 4.52. The number of hydrogen-bond donors (Lipinski definition) is 0. The third kappa shape index (κ3) is 4.75. The summed E-state index contributed by atoms with van der Waals surface area (Å²) in [5, 5.41) is 4.16. The van der Waals surface area contributed by atoms with Gasteiger partial charge in [0.15, 0.2) is 0 Å². The topological polar surface area (TPSA) is 64.3 Å². The Morgan fingerprint density at radius 3 is 2.73 bits per heavy atom. The van der Waals surface area contributed by atoms with Gasteiger partial charge in [0, 0.05) is 50.6 Å². The Kier molecular flexibility index (Phi) is 6.14. The van der Waals surface area contributed by atoms with Crippen LogP contribution < -0.4 is 0 Å². The van der Waals surface area contributed by atoms with Crippen LogP contribution in [0.3, 0.4) is 0 Å². The molecular weight excluding hydrogens is 376 g/mol. The highest BCUT2D eigenvalue weighted by molar-refractivity contribution is 5.51. The predicted molar refractivity (Wildman–Crippen MR) is 115 cm³/mol. The van der Waals surface area contributed by atoms with Crippen LogP contribution >= 0.6 is 0 Å². The third-order valence-corrected chi connectivity index (χ3v) is 7.45. The second-order valence-corrected chi connectivity index (χ2v) is 9.65. The SMILES string of the molecule is c1cncc(-c2noc(CC3CCOC4(CCN(CC5CCCCC5)CC4)C3)n2)c1. The van der Waals surface area contributed by atoms with Crippen LogP contribution in [-0.4, -0.2) is 51.9 Å². The number of likely N-dealkylation sites (tertiary alicyclic amines) is 1. The molecule has 6 heteroatoms. The molecule has 1 saturated carbocycles. The Morgan fingerprint density at radius 2 is 1.93 bits per heavy atom. The molecule has 2 aromatic rings. The molecular formula is C24H34N4O2. The summed E-state index contributed by atoms with van der Waals surface area (Å²) in [6, 6.07) is 3.86. The molecule has 0 amide bonds. The summed E-state index contributed by atoms with van der Waals surface area (Å²) >= 11 is 0. The zero-order chi connectivity index (χ0) is 20.2. The fraction of sp³-hybridized carbons (Fsp3) is 0.708. The van der Waals surface area contributed by atoms with Gasteiger partial charge < -0.3 is 14.2 Å². The second kappa shape index (κ2) is 9.15. The quantitative estimate of drug-likeness (QED) is 0.722. The van der Waals surface area contributed by atoms with Crippen molar-refractivity contribution in [1.82, 2.24) is 20.0 Å². The molecule has 162 valence electrons. The van der Waals surface area contributed by atoms with E-state index in [-0.39, 0.29) is 5.60 Å². The molecule has 0 aromatic carbocycles. The second-order valence-electron chi connectivity index (χ2n) is 9.65. The lowest BCUT2D eigenvalue weighted by molar-refractivity contribution is -0.128. The molecule has 1 atom stereocenters. The Bertz CT molecular complexity index is 795. The van der Waals surface area contributed by atoms with Crippen molar-refractivity contribution in [1.29, 1.82) is 0 Å². The van der Waals surface area contributed by atoms with Crippen LogP contribution in [0.4, 0.5) is 0 Å². The maximum Gasteiger partial charge on any atom is 0.227 e. The van der Waals surface area contributed by atoms with Crippen LogP contribution in [0, 0.1) is 11.8 Å². The molecule has 0 bridgehead atoms. The fourth-order valence-electron chi connectivity index (χ4n) is 5.73. The van der Waals surface area contributed by atoms with Crippen molar-refractivity contribution < 1.29 is 9.26 Å². The number of pyridine rings is 1. The minimum absolute atomic E-state index is 0.0676. The Labute approximate surface area is 179 Å². The highest BCUT2D eigenvalue weighted by atomic mass is 16.5. The lowest BCUT2D eigenvalue weighted by Crippen LogP contribution is -2.50. The van der Waals surface area contributed by atoms with Crippen LogP contribution in [0.5, 0.6) is 0 Å². The van der Waals surface area contributed by atoms with Crippen molar-refractivity contribution in [2.75, 3.05) is 26.2 Å². The van der Waals surface area contributed by atoms with E-state index in [1.54, 1.807) is 12.4 Å². The number of ether oxygens (including phenoxy) is 1. The van der Waals surface area contributed by atoms with E-state index >= 15 is 0 Å². The Morgan fingerprint density at radius 1 is 1.07 bits per heavy atom. The molecule has 3 aliphatic rings. The average molecular weight is 411 g/mol. The van der Waals surface area contributed by atoms with E-state index in [0.717, 1.165) is 43.2 Å². The van der Waals surface area contributed by atoms with Gasteiger partial charge in [-0.05, 0) is 62.5 Å². The van der Waals surface area contributed by atoms with Gasteiger partial charge in [0.25, 0.3) is 0 Å². The average Bonchev–Trinajstić information content (AvgIpc) is 3.26. The summed E-state index contributed by atoms with van der Waals surface area (Å²) in [6.07, 6.45) is 16.1. The van der Waals surface area contributed by atoms with Gasteiger partial charge in [-0.25, -0.2) is 0 Å². The number of hydrogen-bond acceptors (Lipinski definition) is 6. The first-order chi connectivity index (χ1) is 14.8. The Balaban J connectivity index is 1.14. The van der Waals surface area contributed by atoms with Gasteiger partial charge in [-0.15, -0.1) is 0 Å². The lowest BCUT2D eigenvalue weighted by atomic mass is 9.78. The molecule has 30 heavy (non-hydrogen) atoms. The van der Waals surface area contributed by atoms with E-state index in [1.807, 2.05) is 12.1 Å². The zero-order valence-electron chi connectivity index (χ0n) is 18.0. The summed E-state index contributed by atoms with van der Waals surface area (Å²) in [7, 11) is 0. The molecule has 2 aromatic heterocycles. The van der Waals surface area contributed by atoms with E-state index in [4.69, 9.17) is 9.26 Å². The summed E-state index contributed by atoms with van der Waals surface area (Å²) in [5.74, 6) is 2.87. The van der Waals surface area contributed by atoms with Crippen molar-refractivity contribution in [3.63, 3.8) is 0 Å². The molecule has 5 rings (SSSR count). The van der Waals surface area contributed by atoms with E-state index in [2.05, 4.69) is 20.0 Å². The Hall–Kier alpha value is -1.79. The summed E-state index contributed by atoms with van der Waals surface area (Å²) in [5.41, 5.74) is 0.972. The maximum absolute atomic E-state index is 6.39. The largest absolute Gasteiger partial charge is 0.375 e. The van der Waals surface area contributed by atoms with Crippen molar-refractivity contribution in [2.45, 2.75) is 69.8 Å². The number of piperidine rings is 1. The molecule has 2 aliphatic heterocycles. The number of aromatic nitrogens is 3. The minimum Gasteiger partial charge on any atom is -0.375 e. The van der Waals surface area contributed by atoms with Gasteiger partial charge in [0.2, 0.25) is 11.7 Å². The van der Waals surface area contributed by atoms with Gasteiger partial charge in [-0.3, -0.25) is 4.98 Å². The summed E-state index contributed by atoms with van der Waals surface area (Å²) in [4.78, 5) is 11.5. The van der Waals surface area contributed by atoms with Crippen LogP contribution in [0.15, 0.2) is 29.0 Å². The third-order valence-electron chi connectivity index (χ3n) is 7.45. The minimum atomic E-state index is 0.0676. The first-order valence-corrected chi connectivity index (χ1v) is 11.9. The van der Waals surface area contributed by atoms with Crippen LogP contribution in [0.25, 0.3) is 11.4 Å². The molecule has 4 heterocycles. The molecule has 3 fully saturated rings. The standard InChI is InChI=1S/C24H34N4O2/c1-2-5-19(6-3-1)18-28-12-9-24(10-13-28)16-20(8-14-29-24)15-22-26-23(27-30-22)21-7-4-11-25-17-21/h4,7,11,17,19-20H,1-3,5-6,8-10,12-16,18H2. The van der Waals surface area contributed by atoms with Crippen molar-refractivity contribution in [3.8, 4) is 11.4 Å². The number of nitrogens with zero attached hydrogens (tertiary/aromatic N) is 4. The lowest BCUT2D eigenvalue weighted by Gasteiger charge is -2.46. The molecule has 0 radical (unpaired) electrons. The highest BCUT2D eigenvalue weighted by Crippen LogP contribution is 2.39. The fourth-order valence-corrected chi connectivity index (χ4v) is 5.73. The molecule has 6 nitrogen and oxygen atoms in total. The first kappa shape index (κ1) is 20.1. The first-order valence-electron chi connectivity index (χ1n) is 11.9. The molecule has 1 spiro atoms. The summed E-state index contributed by atoms with van der Waals surface area (Å²) < 4.78 is 11.9. The van der Waals surface area contributed by atoms with Crippen LogP contribution in [0.2, 0.25) is 0 Å². The van der Waals surface area contributed by atoms with Crippen molar-refractivity contribution >= 4 is 0 Å². The van der Waals surface area contributed by atoms with E-state index in [9.17, 15) is 0 Å². The summed E-state index contributed by atoms with van der Waals surface area (Å²) in [6.45, 7) is 4.54.